The van der Waals surface area contributed by atoms with E-state index in [4.69, 9.17) is 14.2 Å². The lowest BCUT2D eigenvalue weighted by Gasteiger charge is -2.36. The molecule has 2 fully saturated rings. The SMILES string of the molecule is COc1cc(OC)c(C(=O)NCC2CCC(C(=O)N3CCN(C)CC3)CC2)cc1OC. The maximum absolute atomic E-state index is 12.8. The summed E-state index contributed by atoms with van der Waals surface area (Å²) in [6, 6.07) is 3.29. The molecule has 2 aliphatic rings. The normalized spacial score (nSPS) is 22.0. The number of carbonyl (C=O) groups is 2. The Morgan fingerprint density at radius 2 is 1.48 bits per heavy atom. The number of amides is 2. The van der Waals surface area contributed by atoms with Gasteiger partial charge in [-0.1, -0.05) is 0 Å². The summed E-state index contributed by atoms with van der Waals surface area (Å²) >= 11 is 0. The van der Waals surface area contributed by atoms with Gasteiger partial charge in [-0.15, -0.1) is 0 Å². The fourth-order valence-electron chi connectivity index (χ4n) is 4.44. The summed E-state index contributed by atoms with van der Waals surface area (Å²) in [6.07, 6.45) is 3.69. The average Bonchev–Trinajstić information content (AvgIpc) is 2.81. The number of likely N-dealkylation sites (N-methyl/N-ethyl adjacent to an activating group) is 1. The third-order valence-electron chi connectivity index (χ3n) is 6.51. The molecule has 1 aliphatic carbocycles. The van der Waals surface area contributed by atoms with Crippen molar-refractivity contribution in [2.45, 2.75) is 25.7 Å². The number of methoxy groups -OCH3 is 3. The Labute approximate surface area is 184 Å². The first-order valence-electron chi connectivity index (χ1n) is 11.0. The van der Waals surface area contributed by atoms with Gasteiger partial charge in [0.2, 0.25) is 5.91 Å². The highest BCUT2D eigenvalue weighted by Gasteiger charge is 2.31. The Morgan fingerprint density at radius 3 is 2.06 bits per heavy atom. The van der Waals surface area contributed by atoms with E-state index in [0.29, 0.717) is 41.2 Å². The molecule has 0 aromatic heterocycles. The number of nitrogens with zero attached hydrogens (tertiary/aromatic N) is 2. The van der Waals surface area contributed by atoms with Gasteiger partial charge in [0.25, 0.3) is 5.91 Å². The average molecular weight is 434 g/mol. The van der Waals surface area contributed by atoms with E-state index in [1.54, 1.807) is 19.2 Å². The first-order valence-corrected chi connectivity index (χ1v) is 11.0. The molecular weight excluding hydrogens is 398 g/mol. The zero-order valence-corrected chi connectivity index (χ0v) is 19.1. The zero-order chi connectivity index (χ0) is 22.4. The van der Waals surface area contributed by atoms with E-state index in [-0.39, 0.29) is 11.8 Å². The van der Waals surface area contributed by atoms with Crippen LogP contribution < -0.4 is 19.5 Å². The number of hydrogen-bond donors (Lipinski definition) is 1. The standard InChI is InChI=1S/C23H35N3O5/c1-25-9-11-26(12-10-25)23(28)17-7-5-16(6-8-17)15-24-22(27)18-13-20(30-3)21(31-4)14-19(18)29-2/h13-14,16-17H,5-12,15H2,1-4H3,(H,24,27). The first kappa shape index (κ1) is 23.2. The van der Waals surface area contributed by atoms with Gasteiger partial charge < -0.3 is 29.3 Å². The number of ether oxygens (including phenoxy) is 3. The molecule has 31 heavy (non-hydrogen) atoms. The second-order valence-electron chi connectivity index (χ2n) is 8.46. The van der Waals surface area contributed by atoms with Crippen LogP contribution in [0.2, 0.25) is 0 Å². The highest BCUT2D eigenvalue weighted by Crippen LogP contribution is 2.35. The van der Waals surface area contributed by atoms with E-state index in [0.717, 1.165) is 51.9 Å². The van der Waals surface area contributed by atoms with Gasteiger partial charge in [-0.3, -0.25) is 9.59 Å². The Bertz CT molecular complexity index is 769. The quantitative estimate of drug-likeness (QED) is 0.709. The summed E-state index contributed by atoms with van der Waals surface area (Å²) in [7, 11) is 6.70. The molecule has 1 saturated carbocycles. The molecule has 2 amide bonds. The van der Waals surface area contributed by atoms with Crippen LogP contribution in [-0.4, -0.2) is 82.7 Å². The smallest absolute Gasteiger partial charge is 0.255 e. The molecule has 1 N–H and O–H groups in total. The molecular formula is C23H35N3O5. The molecule has 1 aromatic carbocycles. The Kier molecular flexibility index (Phi) is 8.01. The number of benzene rings is 1. The molecule has 0 spiro atoms. The summed E-state index contributed by atoms with van der Waals surface area (Å²) in [5.74, 6) is 2.05. The summed E-state index contributed by atoms with van der Waals surface area (Å²) in [6.45, 7) is 4.15. The first-order chi connectivity index (χ1) is 15.0. The van der Waals surface area contributed by atoms with Crippen LogP contribution in [0, 0.1) is 11.8 Å². The summed E-state index contributed by atoms with van der Waals surface area (Å²) in [4.78, 5) is 29.9. The lowest BCUT2D eigenvalue weighted by Crippen LogP contribution is -2.49. The van der Waals surface area contributed by atoms with Crippen molar-refractivity contribution in [2.75, 3.05) is 61.1 Å². The lowest BCUT2D eigenvalue weighted by molar-refractivity contribution is -0.138. The monoisotopic (exact) mass is 433 g/mol. The summed E-state index contributed by atoms with van der Waals surface area (Å²) in [5.41, 5.74) is 0.416. The van der Waals surface area contributed by atoms with Crippen LogP contribution in [-0.2, 0) is 4.79 Å². The van der Waals surface area contributed by atoms with Crippen molar-refractivity contribution in [3.8, 4) is 17.2 Å². The van der Waals surface area contributed by atoms with Gasteiger partial charge in [0.15, 0.2) is 11.5 Å². The number of hydrogen-bond acceptors (Lipinski definition) is 6. The second-order valence-corrected chi connectivity index (χ2v) is 8.46. The van der Waals surface area contributed by atoms with Crippen molar-refractivity contribution in [3.63, 3.8) is 0 Å². The van der Waals surface area contributed by atoms with E-state index >= 15 is 0 Å². The highest BCUT2D eigenvalue weighted by molar-refractivity contribution is 5.97. The van der Waals surface area contributed by atoms with E-state index in [9.17, 15) is 9.59 Å². The third-order valence-corrected chi connectivity index (χ3v) is 6.51. The van der Waals surface area contributed by atoms with Crippen molar-refractivity contribution in [2.24, 2.45) is 11.8 Å². The molecule has 1 saturated heterocycles. The van der Waals surface area contributed by atoms with Crippen LogP contribution >= 0.6 is 0 Å². The van der Waals surface area contributed by atoms with Crippen molar-refractivity contribution in [3.05, 3.63) is 17.7 Å². The van der Waals surface area contributed by atoms with Crippen LogP contribution in [0.25, 0.3) is 0 Å². The Morgan fingerprint density at radius 1 is 0.903 bits per heavy atom. The van der Waals surface area contributed by atoms with Gasteiger partial charge in [-0.25, -0.2) is 0 Å². The zero-order valence-electron chi connectivity index (χ0n) is 19.1. The van der Waals surface area contributed by atoms with E-state index in [2.05, 4.69) is 17.3 Å². The highest BCUT2D eigenvalue weighted by atomic mass is 16.5. The van der Waals surface area contributed by atoms with Crippen molar-refractivity contribution in [1.82, 2.24) is 15.1 Å². The molecule has 172 valence electrons. The molecule has 0 atom stereocenters. The lowest BCUT2D eigenvalue weighted by atomic mass is 9.81. The van der Waals surface area contributed by atoms with Crippen molar-refractivity contribution in [1.29, 1.82) is 0 Å². The number of piperazine rings is 1. The van der Waals surface area contributed by atoms with Gasteiger partial charge in [0.1, 0.15) is 5.75 Å². The molecule has 1 aromatic rings. The molecule has 8 heteroatoms. The topological polar surface area (TPSA) is 80.3 Å². The van der Waals surface area contributed by atoms with Crippen molar-refractivity contribution < 1.29 is 23.8 Å². The second kappa shape index (κ2) is 10.7. The number of nitrogens with one attached hydrogen (secondary N) is 1. The number of rotatable bonds is 7. The van der Waals surface area contributed by atoms with Gasteiger partial charge >= 0.3 is 0 Å². The fraction of sp³-hybridized carbons (Fsp3) is 0.652. The molecule has 8 nitrogen and oxygen atoms in total. The molecule has 0 bridgehead atoms. The van der Waals surface area contributed by atoms with Gasteiger partial charge in [-0.05, 0) is 38.6 Å². The minimum absolute atomic E-state index is 0.126. The third kappa shape index (κ3) is 5.61. The molecule has 3 rings (SSSR count). The van der Waals surface area contributed by atoms with Gasteiger partial charge in [-0.2, -0.15) is 0 Å². The molecule has 0 radical (unpaired) electrons. The summed E-state index contributed by atoms with van der Waals surface area (Å²) < 4.78 is 16.0. The minimum atomic E-state index is -0.201. The van der Waals surface area contributed by atoms with Gasteiger partial charge in [0, 0.05) is 50.8 Å². The molecule has 1 aliphatic heterocycles. The van der Waals surface area contributed by atoms with Crippen LogP contribution in [0.5, 0.6) is 17.2 Å². The van der Waals surface area contributed by atoms with Crippen LogP contribution in [0.3, 0.4) is 0 Å². The van der Waals surface area contributed by atoms with Crippen LogP contribution in [0.15, 0.2) is 12.1 Å². The Hall–Kier alpha value is -2.48. The molecule has 1 heterocycles. The number of carbonyl (C=O) groups excluding carboxylic acids is 2. The van der Waals surface area contributed by atoms with E-state index < -0.39 is 0 Å². The van der Waals surface area contributed by atoms with Gasteiger partial charge in [0.05, 0.1) is 26.9 Å². The Balaban J connectivity index is 1.50. The maximum atomic E-state index is 12.8. The maximum Gasteiger partial charge on any atom is 0.255 e. The van der Waals surface area contributed by atoms with Crippen LogP contribution in [0.1, 0.15) is 36.0 Å². The van der Waals surface area contributed by atoms with Crippen molar-refractivity contribution >= 4 is 11.8 Å². The largest absolute Gasteiger partial charge is 0.496 e. The van der Waals surface area contributed by atoms with E-state index in [1.165, 1.54) is 14.2 Å². The van der Waals surface area contributed by atoms with E-state index in [1.807, 2.05) is 4.90 Å². The summed E-state index contributed by atoms with van der Waals surface area (Å²) in [5, 5.41) is 3.03. The minimum Gasteiger partial charge on any atom is -0.496 e. The predicted octanol–water partition coefficient (Wildman–Crippen LogP) is 2.02. The van der Waals surface area contributed by atoms with Crippen LogP contribution in [0.4, 0.5) is 0 Å². The predicted molar refractivity (Wildman–Crippen MR) is 118 cm³/mol. The fourth-order valence-corrected chi connectivity index (χ4v) is 4.44. The molecule has 0 unspecified atom stereocenters.